The molecule has 3 aromatic rings. The van der Waals surface area contributed by atoms with Crippen LogP contribution < -0.4 is 15.4 Å². The lowest BCUT2D eigenvalue weighted by Gasteiger charge is -2.28. The number of hydrogen-bond acceptors (Lipinski definition) is 8. The van der Waals surface area contributed by atoms with E-state index >= 15 is 0 Å². The molecule has 2 N–H and O–H groups in total. The fourth-order valence-corrected chi connectivity index (χ4v) is 4.21. The van der Waals surface area contributed by atoms with Gasteiger partial charge >= 0.3 is 23.8 Å². The zero-order valence-corrected chi connectivity index (χ0v) is 19.2. The summed E-state index contributed by atoms with van der Waals surface area (Å²) >= 11 is 0. The van der Waals surface area contributed by atoms with E-state index in [9.17, 15) is 9.59 Å². The van der Waals surface area contributed by atoms with Gasteiger partial charge in [0.1, 0.15) is 5.75 Å². The molecule has 0 saturated heterocycles. The highest BCUT2D eigenvalue weighted by atomic mass is 16.5. The lowest BCUT2D eigenvalue weighted by Crippen LogP contribution is -2.17. The minimum absolute atomic E-state index is 0.119. The number of rotatable bonds is 8. The van der Waals surface area contributed by atoms with Crippen LogP contribution in [0.3, 0.4) is 0 Å². The molecule has 1 aromatic heterocycles. The van der Waals surface area contributed by atoms with Crippen molar-refractivity contribution in [3.05, 3.63) is 60.0 Å². The highest BCUT2D eigenvalue weighted by molar-refractivity contribution is 6.00. The SMILES string of the molecule is COC(=O)CC1CCC(c2ccc(NC(=O)c3nnc(Nc4ccc(OC)cc4)o3)cc2)CC1. The van der Waals surface area contributed by atoms with Crippen molar-refractivity contribution in [3.8, 4) is 5.75 Å². The number of anilines is 3. The molecule has 1 fully saturated rings. The Morgan fingerprint density at radius 2 is 1.62 bits per heavy atom. The molecule has 4 rings (SSSR count). The summed E-state index contributed by atoms with van der Waals surface area (Å²) in [5.41, 5.74) is 2.61. The summed E-state index contributed by atoms with van der Waals surface area (Å²) in [7, 11) is 3.03. The molecule has 178 valence electrons. The largest absolute Gasteiger partial charge is 0.497 e. The maximum atomic E-state index is 12.5. The molecule has 9 nitrogen and oxygen atoms in total. The highest BCUT2D eigenvalue weighted by Crippen LogP contribution is 2.37. The van der Waals surface area contributed by atoms with E-state index in [1.165, 1.54) is 12.7 Å². The van der Waals surface area contributed by atoms with Crippen molar-refractivity contribution in [2.75, 3.05) is 24.9 Å². The first-order valence-corrected chi connectivity index (χ1v) is 11.3. The Kier molecular flexibility index (Phi) is 7.41. The van der Waals surface area contributed by atoms with Gasteiger partial charge in [0.15, 0.2) is 0 Å². The van der Waals surface area contributed by atoms with Gasteiger partial charge in [0.25, 0.3) is 0 Å². The third-order valence-electron chi connectivity index (χ3n) is 6.13. The van der Waals surface area contributed by atoms with Gasteiger partial charge in [0.05, 0.1) is 14.2 Å². The molecule has 1 saturated carbocycles. The van der Waals surface area contributed by atoms with Gasteiger partial charge in [0.2, 0.25) is 0 Å². The fourth-order valence-electron chi connectivity index (χ4n) is 4.21. The lowest BCUT2D eigenvalue weighted by atomic mass is 9.77. The van der Waals surface area contributed by atoms with Crippen LogP contribution in [-0.4, -0.2) is 36.3 Å². The van der Waals surface area contributed by atoms with Gasteiger partial charge in [-0.3, -0.25) is 9.59 Å². The van der Waals surface area contributed by atoms with Crippen LogP contribution in [0.1, 0.15) is 54.3 Å². The van der Waals surface area contributed by atoms with E-state index in [0.29, 0.717) is 23.9 Å². The van der Waals surface area contributed by atoms with Crippen molar-refractivity contribution in [2.45, 2.75) is 38.0 Å². The first-order chi connectivity index (χ1) is 16.5. The van der Waals surface area contributed by atoms with Crippen molar-refractivity contribution in [1.82, 2.24) is 10.2 Å². The summed E-state index contributed by atoms with van der Waals surface area (Å²) in [6.07, 6.45) is 4.62. The number of nitrogens with zero attached hydrogens (tertiary/aromatic N) is 2. The molecule has 34 heavy (non-hydrogen) atoms. The molecule has 0 unspecified atom stereocenters. The predicted octanol–water partition coefficient (Wildman–Crippen LogP) is 4.91. The van der Waals surface area contributed by atoms with E-state index in [2.05, 4.69) is 20.8 Å². The number of carbonyl (C=O) groups excluding carboxylic acids is 2. The number of ether oxygens (including phenoxy) is 2. The van der Waals surface area contributed by atoms with Gasteiger partial charge in [-0.1, -0.05) is 17.2 Å². The monoisotopic (exact) mass is 464 g/mol. The van der Waals surface area contributed by atoms with Gasteiger partial charge in [-0.05, 0) is 79.5 Å². The van der Waals surface area contributed by atoms with Gasteiger partial charge in [0, 0.05) is 17.8 Å². The van der Waals surface area contributed by atoms with Crippen LogP contribution in [-0.2, 0) is 9.53 Å². The third-order valence-corrected chi connectivity index (χ3v) is 6.13. The molecule has 1 aliphatic rings. The maximum absolute atomic E-state index is 12.5. The molecular formula is C25H28N4O5. The molecule has 1 aliphatic carbocycles. The number of esters is 1. The van der Waals surface area contributed by atoms with E-state index in [-0.39, 0.29) is 17.9 Å². The second kappa shape index (κ2) is 10.8. The molecule has 0 atom stereocenters. The molecule has 2 aromatic carbocycles. The lowest BCUT2D eigenvalue weighted by molar-refractivity contribution is -0.142. The molecule has 1 heterocycles. The molecule has 0 bridgehead atoms. The molecule has 0 aliphatic heterocycles. The van der Waals surface area contributed by atoms with Crippen molar-refractivity contribution >= 4 is 29.3 Å². The van der Waals surface area contributed by atoms with Crippen LogP contribution in [0.2, 0.25) is 0 Å². The first-order valence-electron chi connectivity index (χ1n) is 11.3. The number of amides is 1. The molecular weight excluding hydrogens is 436 g/mol. The Bertz CT molecular complexity index is 1100. The normalized spacial score (nSPS) is 17.6. The Balaban J connectivity index is 1.29. The standard InChI is InChI=1S/C25H28N4O5/c1-32-21-13-11-20(12-14-21)27-25-29-28-24(34-25)23(31)26-19-9-7-18(8-10-19)17-5-3-16(4-6-17)15-22(30)33-2/h7-14,16-17H,3-6,15H2,1-2H3,(H,26,31)(H,27,29). The summed E-state index contributed by atoms with van der Waals surface area (Å²) in [6.45, 7) is 0. The topological polar surface area (TPSA) is 116 Å². The molecule has 0 spiro atoms. The summed E-state index contributed by atoms with van der Waals surface area (Å²) in [5, 5.41) is 13.4. The maximum Gasteiger partial charge on any atom is 0.320 e. The second-order valence-corrected chi connectivity index (χ2v) is 8.34. The number of carbonyl (C=O) groups is 2. The third kappa shape index (κ3) is 5.92. The van der Waals surface area contributed by atoms with E-state index in [1.807, 2.05) is 24.3 Å². The number of methoxy groups -OCH3 is 2. The minimum atomic E-state index is -0.480. The molecule has 1 amide bonds. The fraction of sp³-hybridized carbons (Fsp3) is 0.360. The van der Waals surface area contributed by atoms with Crippen LogP contribution >= 0.6 is 0 Å². The Hall–Kier alpha value is -3.88. The molecule has 9 heteroatoms. The highest BCUT2D eigenvalue weighted by Gasteiger charge is 2.24. The van der Waals surface area contributed by atoms with Crippen LogP contribution in [0.5, 0.6) is 5.75 Å². The average Bonchev–Trinajstić information content (AvgIpc) is 3.34. The summed E-state index contributed by atoms with van der Waals surface area (Å²) in [5.74, 6) is 0.846. The summed E-state index contributed by atoms with van der Waals surface area (Å²) in [4.78, 5) is 24.0. The van der Waals surface area contributed by atoms with Crippen molar-refractivity contribution in [3.63, 3.8) is 0 Å². The number of hydrogen-bond donors (Lipinski definition) is 2. The first kappa shape index (κ1) is 23.3. The van der Waals surface area contributed by atoms with E-state index < -0.39 is 5.91 Å². The van der Waals surface area contributed by atoms with Gasteiger partial charge in [-0.15, -0.1) is 5.10 Å². The van der Waals surface area contributed by atoms with Crippen LogP contribution in [0.4, 0.5) is 17.4 Å². The summed E-state index contributed by atoms with van der Waals surface area (Å²) < 4.78 is 15.3. The zero-order chi connectivity index (χ0) is 23.9. The van der Waals surface area contributed by atoms with Crippen molar-refractivity contribution < 1.29 is 23.5 Å². The van der Waals surface area contributed by atoms with Crippen molar-refractivity contribution in [1.29, 1.82) is 0 Å². The van der Waals surface area contributed by atoms with E-state index in [1.54, 1.807) is 31.4 Å². The van der Waals surface area contributed by atoms with Gasteiger partial charge in [-0.2, -0.15) is 0 Å². The Morgan fingerprint density at radius 1 is 0.941 bits per heavy atom. The van der Waals surface area contributed by atoms with E-state index in [4.69, 9.17) is 13.9 Å². The predicted molar refractivity (Wildman–Crippen MR) is 126 cm³/mol. The minimum Gasteiger partial charge on any atom is -0.497 e. The number of aromatic nitrogens is 2. The average molecular weight is 465 g/mol. The van der Waals surface area contributed by atoms with Gasteiger partial charge < -0.3 is 24.5 Å². The van der Waals surface area contributed by atoms with Crippen molar-refractivity contribution in [2.24, 2.45) is 5.92 Å². The van der Waals surface area contributed by atoms with Crippen LogP contribution in [0, 0.1) is 5.92 Å². The Morgan fingerprint density at radius 3 is 2.26 bits per heavy atom. The number of nitrogens with one attached hydrogen (secondary N) is 2. The van der Waals surface area contributed by atoms with Crippen LogP contribution in [0.15, 0.2) is 52.9 Å². The smallest absolute Gasteiger partial charge is 0.320 e. The van der Waals surface area contributed by atoms with E-state index in [0.717, 1.165) is 37.1 Å². The van der Waals surface area contributed by atoms with Crippen LogP contribution in [0.25, 0.3) is 0 Å². The quantitative estimate of drug-likeness (QED) is 0.452. The zero-order valence-electron chi connectivity index (χ0n) is 19.2. The van der Waals surface area contributed by atoms with Gasteiger partial charge in [-0.25, -0.2) is 0 Å². The second-order valence-electron chi connectivity index (χ2n) is 8.34. The number of benzene rings is 2. The molecule has 0 radical (unpaired) electrons. The summed E-state index contributed by atoms with van der Waals surface area (Å²) in [6, 6.07) is 15.1. The Labute approximate surface area is 197 Å².